The first-order chi connectivity index (χ1) is 8.13. The highest BCUT2D eigenvalue weighted by atomic mass is 15.3. The summed E-state index contributed by atoms with van der Waals surface area (Å²) in [6.45, 7) is 10.2. The van der Waals surface area contributed by atoms with Crippen LogP contribution in [0.25, 0.3) is 12.3 Å². The van der Waals surface area contributed by atoms with E-state index < -0.39 is 0 Å². The molecule has 0 aliphatic heterocycles. The predicted octanol–water partition coefficient (Wildman–Crippen LogP) is -0.371. The van der Waals surface area contributed by atoms with Gasteiger partial charge in [0.05, 0.1) is 29.5 Å². The summed E-state index contributed by atoms with van der Waals surface area (Å²) in [5.74, 6) is 0. The van der Waals surface area contributed by atoms with Gasteiger partial charge in [0.1, 0.15) is 0 Å². The zero-order chi connectivity index (χ0) is 12.4. The number of nitrogens with zero attached hydrogens (tertiary/aromatic N) is 3. The van der Waals surface area contributed by atoms with Crippen molar-refractivity contribution in [2.24, 2.45) is 10.7 Å². The molecule has 0 radical (unpaired) electrons. The molecule has 2 N–H and O–H groups in total. The maximum Gasteiger partial charge on any atom is 0.0889 e. The fourth-order valence-corrected chi connectivity index (χ4v) is 1.74. The number of allylic oxidation sites excluding steroid dienone is 1. The normalized spacial score (nSPS) is 18.1. The summed E-state index contributed by atoms with van der Waals surface area (Å²) in [6, 6.07) is 0.449. The fraction of sp³-hybridized carbons (Fsp3) is 0.385. The minimum atomic E-state index is 0.449. The van der Waals surface area contributed by atoms with Crippen LogP contribution in [0, 0.1) is 0 Å². The van der Waals surface area contributed by atoms with Crippen LogP contribution in [-0.4, -0.2) is 15.8 Å². The van der Waals surface area contributed by atoms with Crippen molar-refractivity contribution in [2.75, 3.05) is 0 Å². The summed E-state index contributed by atoms with van der Waals surface area (Å²) in [5, 5.41) is 6.88. The number of aromatic nitrogens is 2. The molecule has 1 fully saturated rings. The number of hydrogen-bond donors (Lipinski definition) is 1. The summed E-state index contributed by atoms with van der Waals surface area (Å²) in [4.78, 5) is 4.61. The zero-order valence-corrected chi connectivity index (χ0v) is 10.2. The Morgan fingerprint density at radius 1 is 1.71 bits per heavy atom. The van der Waals surface area contributed by atoms with Crippen LogP contribution in [0.4, 0.5) is 0 Å². The van der Waals surface area contributed by atoms with Gasteiger partial charge in [0.15, 0.2) is 0 Å². The Balaban J connectivity index is 2.72. The molecule has 1 aliphatic rings. The van der Waals surface area contributed by atoms with Crippen molar-refractivity contribution in [1.29, 1.82) is 0 Å². The van der Waals surface area contributed by atoms with Gasteiger partial charge < -0.3 is 5.73 Å². The highest BCUT2D eigenvalue weighted by Gasteiger charge is 2.19. The molecule has 1 aliphatic carbocycles. The molecule has 17 heavy (non-hydrogen) atoms. The Morgan fingerprint density at radius 3 is 2.94 bits per heavy atom. The van der Waals surface area contributed by atoms with Crippen LogP contribution in [0.15, 0.2) is 23.8 Å². The van der Waals surface area contributed by atoms with E-state index in [2.05, 4.69) is 23.2 Å². The Hall–Kier alpha value is -1.84. The molecule has 1 aromatic rings. The molecular weight excluding hydrogens is 212 g/mol. The molecule has 0 unspecified atom stereocenters. The van der Waals surface area contributed by atoms with Gasteiger partial charge in [0, 0.05) is 10.9 Å². The second-order valence-corrected chi connectivity index (χ2v) is 4.37. The predicted molar refractivity (Wildman–Crippen MR) is 69.1 cm³/mol. The Kier molecular flexibility index (Phi) is 3.13. The molecule has 0 aromatic carbocycles. The summed E-state index contributed by atoms with van der Waals surface area (Å²) in [5.41, 5.74) is 6.66. The molecular formula is C13H18N4. The molecule has 1 aromatic heterocycles. The van der Waals surface area contributed by atoms with Crippen LogP contribution in [0.5, 0.6) is 0 Å². The molecule has 90 valence electrons. The van der Waals surface area contributed by atoms with E-state index >= 15 is 0 Å². The van der Waals surface area contributed by atoms with Gasteiger partial charge in [-0.25, -0.2) is 0 Å². The minimum absolute atomic E-state index is 0.449. The molecule has 0 saturated heterocycles. The van der Waals surface area contributed by atoms with E-state index in [0.717, 1.165) is 34.5 Å². The summed E-state index contributed by atoms with van der Waals surface area (Å²) >= 11 is 0. The van der Waals surface area contributed by atoms with E-state index in [-0.39, 0.29) is 0 Å². The van der Waals surface area contributed by atoms with Gasteiger partial charge in [-0.05, 0) is 19.8 Å². The van der Waals surface area contributed by atoms with Crippen molar-refractivity contribution >= 4 is 12.3 Å². The van der Waals surface area contributed by atoms with Crippen LogP contribution in [0.2, 0.25) is 0 Å². The van der Waals surface area contributed by atoms with Gasteiger partial charge in [-0.3, -0.25) is 9.67 Å². The first-order valence-electron chi connectivity index (χ1n) is 5.79. The molecule has 0 amide bonds. The van der Waals surface area contributed by atoms with Gasteiger partial charge in [-0.15, -0.1) is 6.58 Å². The van der Waals surface area contributed by atoms with E-state index in [9.17, 15) is 0 Å². The first-order valence-corrected chi connectivity index (χ1v) is 5.79. The van der Waals surface area contributed by atoms with Crippen molar-refractivity contribution in [3.63, 3.8) is 0 Å². The highest BCUT2D eigenvalue weighted by molar-refractivity contribution is 5.36. The van der Waals surface area contributed by atoms with E-state index in [1.165, 1.54) is 0 Å². The molecule has 1 saturated carbocycles. The van der Waals surface area contributed by atoms with Gasteiger partial charge in [-0.2, -0.15) is 5.10 Å². The number of nitrogens with two attached hydrogens (primary N) is 1. The molecule has 0 atom stereocenters. The number of hydrogen-bond acceptors (Lipinski definition) is 3. The van der Waals surface area contributed by atoms with E-state index in [1.807, 2.05) is 6.92 Å². The first kappa shape index (κ1) is 11.6. The Morgan fingerprint density at radius 2 is 2.41 bits per heavy atom. The zero-order valence-electron chi connectivity index (χ0n) is 10.2. The van der Waals surface area contributed by atoms with Gasteiger partial charge in [-0.1, -0.05) is 12.7 Å². The SMILES string of the molecule is C=CCn1ncc(=NC2CC2)c(=C(C)N)c1=C. The second-order valence-electron chi connectivity index (χ2n) is 4.37. The van der Waals surface area contributed by atoms with Crippen LogP contribution in [0.1, 0.15) is 19.8 Å². The topological polar surface area (TPSA) is 56.2 Å². The van der Waals surface area contributed by atoms with Crippen LogP contribution < -0.4 is 21.7 Å². The smallest absolute Gasteiger partial charge is 0.0889 e. The van der Waals surface area contributed by atoms with Crippen molar-refractivity contribution in [2.45, 2.75) is 32.4 Å². The van der Waals surface area contributed by atoms with Gasteiger partial charge in [0.2, 0.25) is 0 Å². The Bertz CT molecular complexity index is 601. The lowest BCUT2D eigenvalue weighted by Gasteiger charge is -2.04. The largest absolute Gasteiger partial charge is 0.402 e. The van der Waals surface area contributed by atoms with Gasteiger partial charge >= 0.3 is 0 Å². The summed E-state index contributed by atoms with van der Waals surface area (Å²) < 4.78 is 1.78. The highest BCUT2D eigenvalue weighted by Crippen LogP contribution is 2.22. The average Bonchev–Trinajstić information content (AvgIpc) is 3.06. The fourth-order valence-electron chi connectivity index (χ4n) is 1.74. The van der Waals surface area contributed by atoms with Crippen molar-refractivity contribution in [3.05, 3.63) is 34.8 Å². The van der Waals surface area contributed by atoms with E-state index in [1.54, 1.807) is 17.0 Å². The quantitative estimate of drug-likeness (QED) is 0.720. The van der Waals surface area contributed by atoms with Crippen LogP contribution in [-0.2, 0) is 6.54 Å². The maximum absolute atomic E-state index is 5.93. The van der Waals surface area contributed by atoms with Crippen LogP contribution >= 0.6 is 0 Å². The third kappa shape index (κ3) is 2.46. The lowest BCUT2D eigenvalue weighted by molar-refractivity contribution is 0.643. The minimum Gasteiger partial charge on any atom is -0.402 e. The molecule has 4 heteroatoms. The molecule has 2 rings (SSSR count). The monoisotopic (exact) mass is 230 g/mol. The molecule has 0 spiro atoms. The van der Waals surface area contributed by atoms with E-state index in [4.69, 9.17) is 5.73 Å². The van der Waals surface area contributed by atoms with Crippen molar-refractivity contribution in [3.8, 4) is 0 Å². The summed E-state index contributed by atoms with van der Waals surface area (Å²) in [6.07, 6.45) is 5.88. The lowest BCUT2D eigenvalue weighted by Crippen LogP contribution is -2.48. The maximum atomic E-state index is 5.93. The van der Waals surface area contributed by atoms with Crippen LogP contribution in [0.3, 0.4) is 0 Å². The third-order valence-corrected chi connectivity index (χ3v) is 2.74. The standard InChI is InChI=1S/C13H18N4/c1-4-7-17-10(3)13(9(2)14)12(8-15-17)16-11-5-6-11/h4,8,11H,1,3,5-7,14H2,2H3. The third-order valence-electron chi connectivity index (χ3n) is 2.74. The average molecular weight is 230 g/mol. The molecule has 4 nitrogen and oxygen atoms in total. The van der Waals surface area contributed by atoms with Gasteiger partial charge in [0.25, 0.3) is 0 Å². The lowest BCUT2D eigenvalue weighted by atomic mass is 10.3. The summed E-state index contributed by atoms with van der Waals surface area (Å²) in [7, 11) is 0. The van der Waals surface area contributed by atoms with Crippen molar-refractivity contribution < 1.29 is 0 Å². The Labute approximate surface area is 100 Å². The van der Waals surface area contributed by atoms with E-state index in [0.29, 0.717) is 12.6 Å². The van der Waals surface area contributed by atoms with Crippen molar-refractivity contribution in [1.82, 2.24) is 9.78 Å². The second kappa shape index (κ2) is 4.57. The molecule has 0 bridgehead atoms. The molecule has 1 heterocycles. The number of rotatable bonds is 3.